The van der Waals surface area contributed by atoms with E-state index in [-0.39, 0.29) is 25.0 Å². The Bertz CT molecular complexity index is 1190. The van der Waals surface area contributed by atoms with Crippen molar-refractivity contribution in [1.82, 2.24) is 35.3 Å². The molecule has 4 aromatic rings. The largest absolute Gasteiger partial charge is 0.419 e. The Morgan fingerprint density at radius 2 is 1.81 bits per heavy atom. The number of nitrogens with zero attached hydrogens (tertiary/aromatic N) is 7. The molecule has 1 aliphatic carbocycles. The summed E-state index contributed by atoms with van der Waals surface area (Å²) in [5.41, 5.74) is 1.62. The van der Waals surface area contributed by atoms with Gasteiger partial charge in [-0.3, -0.25) is 4.79 Å². The number of rotatable bonds is 7. The molecular formula is C21H18ClN7O2. The first-order chi connectivity index (χ1) is 15.2. The molecule has 2 aromatic carbocycles. The third-order valence-electron chi connectivity index (χ3n) is 4.93. The minimum absolute atomic E-state index is 0.00544. The second-order valence-corrected chi connectivity index (χ2v) is 7.71. The van der Waals surface area contributed by atoms with Gasteiger partial charge in [-0.25, -0.2) is 0 Å². The molecule has 0 N–H and O–H groups in total. The maximum atomic E-state index is 13.0. The highest BCUT2D eigenvalue weighted by atomic mass is 35.5. The highest BCUT2D eigenvalue weighted by Crippen LogP contribution is 2.29. The van der Waals surface area contributed by atoms with Crippen LogP contribution in [0.4, 0.5) is 0 Å². The fourth-order valence-corrected chi connectivity index (χ4v) is 3.33. The summed E-state index contributed by atoms with van der Waals surface area (Å²) in [4.78, 5) is 16.0. The average Bonchev–Trinajstić information content (AvgIpc) is 3.33. The lowest BCUT2D eigenvalue weighted by Gasteiger charge is -2.19. The van der Waals surface area contributed by atoms with E-state index in [0.717, 1.165) is 24.0 Å². The van der Waals surface area contributed by atoms with E-state index in [1.54, 1.807) is 17.0 Å². The molecule has 2 aromatic heterocycles. The highest BCUT2D eigenvalue weighted by Gasteiger charge is 2.34. The number of tetrazole rings is 1. The number of aromatic nitrogens is 6. The summed E-state index contributed by atoms with van der Waals surface area (Å²) in [5.74, 6) is 1.13. The van der Waals surface area contributed by atoms with E-state index in [1.165, 1.54) is 4.80 Å². The smallest absolute Gasteiger partial charge is 0.247 e. The Kier molecular flexibility index (Phi) is 5.17. The monoisotopic (exact) mass is 435 g/mol. The standard InChI is InChI=1S/C21H18ClN7O2/c22-16-8-6-15(7-9-16)21-25-23-18(31-21)12-28(17-10-11-17)19(30)13-29-26-20(24-27-29)14-4-2-1-3-5-14/h1-9,17H,10-13H2. The molecule has 0 spiro atoms. The molecule has 0 saturated heterocycles. The van der Waals surface area contributed by atoms with Crippen molar-refractivity contribution in [1.29, 1.82) is 0 Å². The van der Waals surface area contributed by atoms with Crippen molar-refractivity contribution in [2.24, 2.45) is 0 Å². The number of benzene rings is 2. The normalized spacial score (nSPS) is 13.3. The molecule has 0 atom stereocenters. The number of hydrogen-bond acceptors (Lipinski definition) is 7. The summed E-state index contributed by atoms with van der Waals surface area (Å²) in [6, 6.07) is 16.8. The first-order valence-corrected chi connectivity index (χ1v) is 10.2. The van der Waals surface area contributed by atoms with E-state index in [9.17, 15) is 4.79 Å². The summed E-state index contributed by atoms with van der Waals surface area (Å²) in [6.45, 7) is 0.235. The molecule has 1 fully saturated rings. The van der Waals surface area contributed by atoms with Crippen LogP contribution in [0.5, 0.6) is 0 Å². The van der Waals surface area contributed by atoms with Gasteiger partial charge >= 0.3 is 0 Å². The topological polar surface area (TPSA) is 103 Å². The molecule has 2 heterocycles. The van der Waals surface area contributed by atoms with Gasteiger partial charge in [0, 0.05) is 22.2 Å². The molecule has 156 valence electrons. The molecule has 1 amide bonds. The molecule has 0 unspecified atom stereocenters. The van der Waals surface area contributed by atoms with Gasteiger partial charge in [-0.2, -0.15) is 4.80 Å². The fourth-order valence-electron chi connectivity index (χ4n) is 3.20. The zero-order valence-electron chi connectivity index (χ0n) is 16.4. The molecule has 5 rings (SSSR count). The first-order valence-electron chi connectivity index (χ1n) is 9.87. The van der Waals surface area contributed by atoms with E-state index >= 15 is 0 Å². The Morgan fingerprint density at radius 3 is 2.55 bits per heavy atom. The van der Waals surface area contributed by atoms with Crippen molar-refractivity contribution < 1.29 is 9.21 Å². The van der Waals surface area contributed by atoms with Crippen LogP contribution < -0.4 is 0 Å². The van der Waals surface area contributed by atoms with E-state index in [4.69, 9.17) is 16.0 Å². The molecule has 0 bridgehead atoms. The van der Waals surface area contributed by atoms with Crippen LogP contribution in [0.15, 0.2) is 59.0 Å². The van der Waals surface area contributed by atoms with Gasteiger partial charge in [0.2, 0.25) is 23.5 Å². The summed E-state index contributed by atoms with van der Waals surface area (Å²) in [7, 11) is 0. The van der Waals surface area contributed by atoms with Crippen LogP contribution in [0.3, 0.4) is 0 Å². The first kappa shape index (κ1) is 19.4. The van der Waals surface area contributed by atoms with Gasteiger partial charge in [0.15, 0.2) is 0 Å². The lowest BCUT2D eigenvalue weighted by Crippen LogP contribution is -2.35. The Balaban J connectivity index is 1.28. The minimum Gasteiger partial charge on any atom is -0.419 e. The van der Waals surface area contributed by atoms with Crippen molar-refractivity contribution in [3.05, 3.63) is 65.5 Å². The lowest BCUT2D eigenvalue weighted by molar-refractivity contribution is -0.133. The predicted molar refractivity (Wildman–Crippen MR) is 112 cm³/mol. The van der Waals surface area contributed by atoms with E-state index in [0.29, 0.717) is 22.6 Å². The van der Waals surface area contributed by atoms with Crippen molar-refractivity contribution in [3.8, 4) is 22.8 Å². The van der Waals surface area contributed by atoms with Crippen molar-refractivity contribution >= 4 is 17.5 Å². The second kappa shape index (κ2) is 8.27. The number of amides is 1. The maximum Gasteiger partial charge on any atom is 0.247 e. The van der Waals surface area contributed by atoms with Gasteiger partial charge in [-0.1, -0.05) is 41.9 Å². The Hall–Kier alpha value is -3.59. The third kappa shape index (κ3) is 4.46. The van der Waals surface area contributed by atoms with Crippen LogP contribution in [0.25, 0.3) is 22.8 Å². The highest BCUT2D eigenvalue weighted by molar-refractivity contribution is 6.30. The summed E-state index contributed by atoms with van der Waals surface area (Å²) in [5, 5.41) is 21.2. The van der Waals surface area contributed by atoms with E-state index in [1.807, 2.05) is 42.5 Å². The van der Waals surface area contributed by atoms with Crippen LogP contribution in [0, 0.1) is 0 Å². The minimum atomic E-state index is -0.120. The molecule has 9 nitrogen and oxygen atoms in total. The Morgan fingerprint density at radius 1 is 1.03 bits per heavy atom. The van der Waals surface area contributed by atoms with Gasteiger partial charge in [-0.15, -0.1) is 20.4 Å². The van der Waals surface area contributed by atoms with Crippen LogP contribution in [0.2, 0.25) is 5.02 Å². The SMILES string of the molecule is O=C(Cn1nnc(-c2ccccc2)n1)N(Cc1nnc(-c2ccc(Cl)cc2)o1)C1CC1. The predicted octanol–water partition coefficient (Wildman–Crippen LogP) is 3.23. The van der Waals surface area contributed by atoms with Crippen LogP contribution in [-0.2, 0) is 17.9 Å². The van der Waals surface area contributed by atoms with Crippen LogP contribution in [0.1, 0.15) is 18.7 Å². The molecular weight excluding hydrogens is 418 g/mol. The van der Waals surface area contributed by atoms with Gasteiger partial charge in [0.1, 0.15) is 6.54 Å². The Labute approximate surface area is 182 Å². The van der Waals surface area contributed by atoms with Crippen LogP contribution >= 0.6 is 11.6 Å². The zero-order valence-corrected chi connectivity index (χ0v) is 17.2. The number of halogens is 1. The number of carbonyl (C=O) groups excluding carboxylic acids is 1. The van der Waals surface area contributed by atoms with E-state index < -0.39 is 0 Å². The molecule has 1 aliphatic rings. The van der Waals surface area contributed by atoms with Gasteiger partial charge in [0.05, 0.1) is 6.54 Å². The summed E-state index contributed by atoms with van der Waals surface area (Å²) >= 11 is 5.93. The molecule has 1 saturated carbocycles. The average molecular weight is 436 g/mol. The lowest BCUT2D eigenvalue weighted by atomic mass is 10.2. The molecule has 0 aliphatic heterocycles. The van der Waals surface area contributed by atoms with Gasteiger partial charge in [0.25, 0.3) is 0 Å². The van der Waals surface area contributed by atoms with E-state index in [2.05, 4.69) is 25.6 Å². The van der Waals surface area contributed by atoms with Gasteiger partial charge in [-0.05, 0) is 42.3 Å². The molecule has 31 heavy (non-hydrogen) atoms. The van der Waals surface area contributed by atoms with Crippen molar-refractivity contribution in [2.75, 3.05) is 0 Å². The van der Waals surface area contributed by atoms with Gasteiger partial charge < -0.3 is 9.32 Å². The summed E-state index contributed by atoms with van der Waals surface area (Å²) < 4.78 is 5.77. The molecule has 0 radical (unpaired) electrons. The second-order valence-electron chi connectivity index (χ2n) is 7.27. The summed E-state index contributed by atoms with van der Waals surface area (Å²) in [6.07, 6.45) is 1.90. The maximum absolute atomic E-state index is 13.0. The van der Waals surface area contributed by atoms with Crippen molar-refractivity contribution in [3.63, 3.8) is 0 Å². The molecule has 10 heteroatoms. The zero-order chi connectivity index (χ0) is 21.2. The van der Waals surface area contributed by atoms with Crippen LogP contribution in [-0.4, -0.2) is 47.3 Å². The number of hydrogen-bond donors (Lipinski definition) is 0. The fraction of sp³-hybridized carbons (Fsp3) is 0.238. The number of carbonyl (C=O) groups is 1. The quantitative estimate of drug-likeness (QED) is 0.439. The van der Waals surface area contributed by atoms with Crippen molar-refractivity contribution in [2.45, 2.75) is 32.0 Å². The third-order valence-corrected chi connectivity index (χ3v) is 5.19.